The molecule has 1 rings (SSSR count). The molecule has 0 aromatic heterocycles. The van der Waals surface area contributed by atoms with Crippen LogP contribution >= 0.6 is 0 Å². The van der Waals surface area contributed by atoms with Crippen molar-refractivity contribution in [1.82, 2.24) is 5.32 Å². The minimum atomic E-state index is -2.31. The second-order valence-corrected chi connectivity index (χ2v) is 6.78. The predicted octanol–water partition coefficient (Wildman–Crippen LogP) is 0.864. The van der Waals surface area contributed by atoms with Crippen LogP contribution in [0.2, 0.25) is 6.04 Å². The van der Waals surface area contributed by atoms with Crippen LogP contribution in [0.5, 0.6) is 0 Å². The third-order valence-electron chi connectivity index (χ3n) is 2.95. The lowest BCUT2D eigenvalue weighted by atomic mass is 10.1. The van der Waals surface area contributed by atoms with E-state index in [0.717, 1.165) is 31.5 Å². The molecule has 1 aliphatic rings. The fraction of sp³-hybridized carbons (Fsp3) is 1.00. The Labute approximate surface area is 87.3 Å². The molecule has 14 heavy (non-hydrogen) atoms. The molecule has 1 atom stereocenters. The van der Waals surface area contributed by atoms with Crippen molar-refractivity contribution < 1.29 is 13.3 Å². The van der Waals surface area contributed by atoms with Crippen LogP contribution in [0.1, 0.15) is 12.8 Å². The molecule has 1 fully saturated rings. The van der Waals surface area contributed by atoms with Crippen molar-refractivity contribution in [2.24, 2.45) is 5.92 Å². The average Bonchev–Trinajstić information content (AvgIpc) is 2.74. The molecule has 4 nitrogen and oxygen atoms in total. The van der Waals surface area contributed by atoms with Crippen LogP contribution in [0.3, 0.4) is 0 Å². The van der Waals surface area contributed by atoms with Gasteiger partial charge in [0, 0.05) is 27.4 Å². The fourth-order valence-electron chi connectivity index (χ4n) is 1.90. The first kappa shape index (κ1) is 12.1. The van der Waals surface area contributed by atoms with E-state index in [9.17, 15) is 0 Å². The smallest absolute Gasteiger partial charge is 0.377 e. The van der Waals surface area contributed by atoms with Crippen molar-refractivity contribution in [3.63, 3.8) is 0 Å². The first-order valence-corrected chi connectivity index (χ1v) is 7.05. The van der Waals surface area contributed by atoms with Crippen LogP contribution in [0.15, 0.2) is 0 Å². The Hall–Kier alpha value is 0.0569. The van der Waals surface area contributed by atoms with Gasteiger partial charge in [-0.3, -0.25) is 0 Å². The number of rotatable bonds is 6. The summed E-state index contributed by atoms with van der Waals surface area (Å²) in [6.07, 6.45) is 2.40. The minimum absolute atomic E-state index is 0.766. The Kier molecular flexibility index (Phi) is 5.04. The van der Waals surface area contributed by atoms with Crippen LogP contribution in [0, 0.1) is 5.92 Å². The molecule has 1 saturated heterocycles. The number of hydrogen-bond acceptors (Lipinski definition) is 4. The number of hydrogen-bond donors (Lipinski definition) is 1. The molecule has 0 aliphatic carbocycles. The third-order valence-corrected chi connectivity index (χ3v) is 5.72. The lowest BCUT2D eigenvalue weighted by Gasteiger charge is -2.25. The Morgan fingerprint density at radius 1 is 1.21 bits per heavy atom. The van der Waals surface area contributed by atoms with E-state index in [-0.39, 0.29) is 0 Å². The Bertz CT molecular complexity index is 150. The molecule has 5 heteroatoms. The van der Waals surface area contributed by atoms with E-state index in [1.54, 1.807) is 21.3 Å². The van der Waals surface area contributed by atoms with Gasteiger partial charge in [0.15, 0.2) is 0 Å². The lowest BCUT2D eigenvalue weighted by Crippen LogP contribution is -2.43. The quantitative estimate of drug-likeness (QED) is 0.673. The van der Waals surface area contributed by atoms with Crippen LogP contribution in [0.4, 0.5) is 0 Å². The van der Waals surface area contributed by atoms with E-state index in [1.165, 1.54) is 6.42 Å². The van der Waals surface area contributed by atoms with Gasteiger partial charge in [-0.15, -0.1) is 0 Å². The molecule has 0 spiro atoms. The second-order valence-electron chi connectivity index (χ2n) is 3.69. The highest BCUT2D eigenvalue weighted by Gasteiger charge is 2.38. The van der Waals surface area contributed by atoms with Gasteiger partial charge < -0.3 is 18.6 Å². The fourth-order valence-corrected chi connectivity index (χ4v) is 3.77. The van der Waals surface area contributed by atoms with Gasteiger partial charge >= 0.3 is 8.80 Å². The predicted molar refractivity (Wildman–Crippen MR) is 57.2 cm³/mol. The highest BCUT2D eigenvalue weighted by atomic mass is 28.4. The Balaban J connectivity index is 2.31. The van der Waals surface area contributed by atoms with E-state index in [0.29, 0.717) is 0 Å². The van der Waals surface area contributed by atoms with E-state index in [2.05, 4.69) is 5.32 Å². The zero-order valence-electron chi connectivity index (χ0n) is 9.34. The molecule has 1 aliphatic heterocycles. The monoisotopic (exact) mass is 219 g/mol. The van der Waals surface area contributed by atoms with Crippen molar-refractivity contribution in [3.05, 3.63) is 0 Å². The lowest BCUT2D eigenvalue weighted by molar-refractivity contribution is 0.121. The van der Waals surface area contributed by atoms with Gasteiger partial charge in [-0.05, 0) is 31.8 Å². The summed E-state index contributed by atoms with van der Waals surface area (Å²) in [5.41, 5.74) is 0. The second kappa shape index (κ2) is 5.82. The summed E-state index contributed by atoms with van der Waals surface area (Å²) in [4.78, 5) is 0. The maximum atomic E-state index is 5.37. The van der Waals surface area contributed by atoms with Crippen LogP contribution in [-0.4, -0.2) is 43.2 Å². The maximum absolute atomic E-state index is 5.37. The van der Waals surface area contributed by atoms with Gasteiger partial charge in [-0.2, -0.15) is 0 Å². The van der Waals surface area contributed by atoms with Crippen LogP contribution in [-0.2, 0) is 13.3 Å². The largest absolute Gasteiger partial charge is 0.500 e. The molecule has 0 radical (unpaired) electrons. The molecule has 0 amide bonds. The number of nitrogens with one attached hydrogen (secondary N) is 1. The normalized spacial score (nSPS) is 22.9. The van der Waals surface area contributed by atoms with Gasteiger partial charge in [0.1, 0.15) is 0 Å². The van der Waals surface area contributed by atoms with Gasteiger partial charge in [0.05, 0.1) is 0 Å². The first-order chi connectivity index (χ1) is 6.76. The summed E-state index contributed by atoms with van der Waals surface area (Å²) in [7, 11) is 2.71. The topological polar surface area (TPSA) is 39.7 Å². The SMILES string of the molecule is CO[Si](CCC1CCNC1)(OC)OC. The van der Waals surface area contributed by atoms with E-state index >= 15 is 0 Å². The summed E-state index contributed by atoms with van der Waals surface area (Å²) in [6, 6.07) is 0.919. The Morgan fingerprint density at radius 3 is 2.29 bits per heavy atom. The van der Waals surface area contributed by atoms with Crippen LogP contribution < -0.4 is 5.32 Å². The van der Waals surface area contributed by atoms with Crippen molar-refractivity contribution in [3.8, 4) is 0 Å². The highest BCUT2D eigenvalue weighted by Crippen LogP contribution is 2.22. The molecular formula is C9H21NO3Si. The first-order valence-electron chi connectivity index (χ1n) is 5.12. The average molecular weight is 219 g/mol. The van der Waals surface area contributed by atoms with Crippen molar-refractivity contribution in [2.45, 2.75) is 18.9 Å². The highest BCUT2D eigenvalue weighted by molar-refractivity contribution is 6.60. The standard InChI is InChI=1S/C9H21NO3Si/c1-11-14(12-2,13-3)7-5-9-4-6-10-8-9/h9-10H,4-8H2,1-3H3. The van der Waals surface area contributed by atoms with Gasteiger partial charge in [0.25, 0.3) is 0 Å². The van der Waals surface area contributed by atoms with Crippen LogP contribution in [0.25, 0.3) is 0 Å². The molecule has 0 aromatic carbocycles. The molecule has 0 bridgehead atoms. The molecule has 1 unspecified atom stereocenters. The zero-order chi connectivity index (χ0) is 10.4. The summed E-state index contributed by atoms with van der Waals surface area (Å²) in [6.45, 7) is 2.27. The Morgan fingerprint density at radius 2 is 1.86 bits per heavy atom. The summed E-state index contributed by atoms with van der Waals surface area (Å²) in [5.74, 6) is 0.766. The van der Waals surface area contributed by atoms with Gasteiger partial charge in [-0.1, -0.05) is 0 Å². The van der Waals surface area contributed by atoms with E-state index < -0.39 is 8.80 Å². The summed E-state index contributed by atoms with van der Waals surface area (Å²) >= 11 is 0. The van der Waals surface area contributed by atoms with Crippen molar-refractivity contribution >= 4 is 8.80 Å². The van der Waals surface area contributed by atoms with Gasteiger partial charge in [-0.25, -0.2) is 0 Å². The molecule has 0 saturated carbocycles. The summed E-state index contributed by atoms with van der Waals surface area (Å²) in [5, 5.41) is 3.36. The molecule has 1 N–H and O–H groups in total. The zero-order valence-corrected chi connectivity index (χ0v) is 10.3. The third kappa shape index (κ3) is 3.03. The van der Waals surface area contributed by atoms with E-state index in [1.807, 2.05) is 0 Å². The maximum Gasteiger partial charge on any atom is 0.500 e. The van der Waals surface area contributed by atoms with Gasteiger partial charge in [0.2, 0.25) is 0 Å². The summed E-state index contributed by atoms with van der Waals surface area (Å²) < 4.78 is 16.1. The molecule has 84 valence electrons. The minimum Gasteiger partial charge on any atom is -0.377 e. The van der Waals surface area contributed by atoms with Crippen molar-refractivity contribution in [2.75, 3.05) is 34.4 Å². The molecule has 1 heterocycles. The molecular weight excluding hydrogens is 198 g/mol. The molecule has 0 aromatic rings. The van der Waals surface area contributed by atoms with E-state index in [4.69, 9.17) is 13.3 Å². The van der Waals surface area contributed by atoms with Crippen molar-refractivity contribution in [1.29, 1.82) is 0 Å².